The first-order valence-corrected chi connectivity index (χ1v) is 13.8. The molecule has 0 bridgehead atoms. The number of fused-ring (bicyclic) bond motifs is 3. The lowest BCUT2D eigenvalue weighted by atomic mass is 9.60. The van der Waals surface area contributed by atoms with Gasteiger partial charge in [-0.25, -0.2) is 4.90 Å². The summed E-state index contributed by atoms with van der Waals surface area (Å²) in [5.41, 5.74) is -0.597. The smallest absolute Gasteiger partial charge is 0.301 e. The summed E-state index contributed by atoms with van der Waals surface area (Å²) in [6.45, 7) is 1.12. The number of rotatable bonds is 6. The first-order chi connectivity index (χ1) is 20.8. The number of amides is 2. The molecule has 1 aromatic carbocycles. The normalized spacial score (nSPS) is 24.5. The van der Waals surface area contributed by atoms with E-state index in [1.807, 2.05) is 0 Å². The number of nitrogens with zero attached hydrogens (tertiary/aromatic N) is 4. The molecule has 0 radical (unpaired) electrons. The number of ketones is 2. The van der Waals surface area contributed by atoms with Crippen molar-refractivity contribution < 1.29 is 38.5 Å². The Morgan fingerprint density at radius 3 is 2.25 bits per heavy atom. The minimum Gasteiger partial charge on any atom is -0.463 e. The molecule has 1 aromatic heterocycles. The molecule has 0 saturated carbocycles. The minimum atomic E-state index is -1.01. The van der Waals surface area contributed by atoms with Crippen molar-refractivity contribution in [1.29, 1.82) is 0 Å². The summed E-state index contributed by atoms with van der Waals surface area (Å²) in [4.78, 5) is 78.9. The number of Topliss-reactive ketones (excluding diaryl/α,β-unsaturated/α-hetero) is 1. The summed E-state index contributed by atoms with van der Waals surface area (Å²) in [6, 6.07) is 5.10. The fourth-order valence-electron chi connectivity index (χ4n) is 7.05. The van der Waals surface area contributed by atoms with Gasteiger partial charge in [-0.05, 0) is 43.9 Å². The third-order valence-electron chi connectivity index (χ3n) is 8.84. The second kappa shape index (κ2) is 10.2. The fraction of sp³-hybridized carbons (Fsp3) is 0.333. The number of benzene rings is 1. The third kappa shape index (κ3) is 4.12. The Balaban J connectivity index is 1.47. The number of hydrogen-bond donors (Lipinski definition) is 1. The topological polar surface area (TPSA) is 194 Å². The number of anilines is 2. The van der Waals surface area contributed by atoms with E-state index in [9.17, 15) is 44.5 Å². The van der Waals surface area contributed by atoms with Gasteiger partial charge in [-0.1, -0.05) is 11.6 Å². The van der Waals surface area contributed by atoms with Gasteiger partial charge in [0.25, 0.3) is 0 Å². The molecule has 1 aliphatic heterocycles. The number of imide groups is 1. The quantitative estimate of drug-likeness (QED) is 0.168. The number of nitro benzene ring substituents is 2. The van der Waals surface area contributed by atoms with Crippen LogP contribution in [0.15, 0.2) is 63.1 Å². The minimum absolute atomic E-state index is 0.00508. The SMILES string of the molecule is CC1=CC(=O)C2=C(CC3C(=CCC4C(=O)N(c5cc([N+](=O)[O-])c(N(C)C)c([N+](=O)[O-])c5)C(=O)C43)C2c2ccc(CO)o2)C1=O. The lowest BCUT2D eigenvalue weighted by Gasteiger charge is -2.41. The Bertz CT molecular complexity index is 1780. The molecule has 14 heteroatoms. The largest absolute Gasteiger partial charge is 0.463 e. The molecule has 1 N–H and O–H groups in total. The maximum Gasteiger partial charge on any atom is 0.301 e. The molecule has 44 heavy (non-hydrogen) atoms. The number of nitro groups is 2. The fourth-order valence-corrected chi connectivity index (χ4v) is 7.05. The van der Waals surface area contributed by atoms with Crippen LogP contribution >= 0.6 is 0 Å². The van der Waals surface area contributed by atoms with Crippen LogP contribution in [-0.2, 0) is 25.8 Å². The Hall–Kier alpha value is -5.24. The van der Waals surface area contributed by atoms with E-state index < -0.39 is 63.3 Å². The van der Waals surface area contributed by atoms with Crippen LogP contribution in [0.1, 0.15) is 37.2 Å². The zero-order valence-corrected chi connectivity index (χ0v) is 23.8. The van der Waals surface area contributed by atoms with Crippen LogP contribution in [0.3, 0.4) is 0 Å². The predicted octanol–water partition coefficient (Wildman–Crippen LogP) is 3.29. The molecule has 2 heterocycles. The third-order valence-corrected chi connectivity index (χ3v) is 8.84. The van der Waals surface area contributed by atoms with Gasteiger partial charge in [-0.3, -0.25) is 39.4 Å². The lowest BCUT2D eigenvalue weighted by Crippen LogP contribution is -2.39. The van der Waals surface area contributed by atoms with Gasteiger partial charge in [0.2, 0.25) is 11.8 Å². The van der Waals surface area contributed by atoms with E-state index in [2.05, 4.69) is 0 Å². The lowest BCUT2D eigenvalue weighted by molar-refractivity contribution is -0.392. The number of aliphatic hydroxyl groups excluding tert-OH is 1. The van der Waals surface area contributed by atoms with E-state index in [0.29, 0.717) is 11.3 Å². The highest BCUT2D eigenvalue weighted by Gasteiger charge is 2.57. The van der Waals surface area contributed by atoms with Crippen LogP contribution in [-0.4, -0.2) is 52.4 Å². The van der Waals surface area contributed by atoms with Gasteiger partial charge in [-0.15, -0.1) is 0 Å². The molecule has 1 fully saturated rings. The Morgan fingerprint density at radius 2 is 1.68 bits per heavy atom. The van der Waals surface area contributed by atoms with E-state index in [1.54, 1.807) is 18.2 Å². The van der Waals surface area contributed by atoms with Gasteiger partial charge < -0.3 is 14.4 Å². The van der Waals surface area contributed by atoms with Crippen LogP contribution in [0.25, 0.3) is 0 Å². The molecule has 2 aromatic rings. The number of allylic oxidation sites excluding steroid dienone is 6. The van der Waals surface area contributed by atoms with Crippen LogP contribution in [0.4, 0.5) is 22.7 Å². The second-order valence-corrected chi connectivity index (χ2v) is 11.4. The molecule has 226 valence electrons. The Kier molecular flexibility index (Phi) is 6.68. The van der Waals surface area contributed by atoms with Gasteiger partial charge in [0.15, 0.2) is 17.3 Å². The number of aliphatic hydroxyl groups is 1. The molecule has 6 rings (SSSR count). The van der Waals surface area contributed by atoms with Crippen molar-refractivity contribution >= 4 is 46.1 Å². The number of furan rings is 1. The molecular formula is C30H26N4O10. The monoisotopic (exact) mass is 602 g/mol. The highest BCUT2D eigenvalue weighted by atomic mass is 16.6. The first kappa shape index (κ1) is 28.9. The van der Waals surface area contributed by atoms with Gasteiger partial charge >= 0.3 is 11.4 Å². The molecular weight excluding hydrogens is 576 g/mol. The van der Waals surface area contributed by atoms with Gasteiger partial charge in [0.05, 0.1) is 33.3 Å². The van der Waals surface area contributed by atoms with Crippen molar-refractivity contribution in [3.63, 3.8) is 0 Å². The summed E-state index contributed by atoms with van der Waals surface area (Å²) in [7, 11) is 2.81. The summed E-state index contributed by atoms with van der Waals surface area (Å²) < 4.78 is 5.83. The maximum atomic E-state index is 14.1. The average molecular weight is 603 g/mol. The molecule has 2 amide bonds. The molecule has 1 saturated heterocycles. The summed E-state index contributed by atoms with van der Waals surface area (Å²) in [5, 5.41) is 33.5. The standard InChI is InChI=1S/C30H26N4O10/c1-13-8-22(36)25-19(28(13)37)11-18-16(26(25)23-7-4-15(12-35)44-23)5-6-17-24(18)30(39)32(29(17)38)14-9-20(33(40)41)27(31(2)3)21(10-14)34(42)43/h4-5,7-10,17-18,24,26,35H,6,11-12H2,1-3H3. The summed E-state index contributed by atoms with van der Waals surface area (Å²) in [6.07, 6.45) is 3.11. The van der Waals surface area contributed by atoms with Crippen LogP contribution in [0.2, 0.25) is 0 Å². The van der Waals surface area contributed by atoms with Gasteiger partial charge in [-0.2, -0.15) is 0 Å². The molecule has 3 aliphatic carbocycles. The highest BCUT2D eigenvalue weighted by molar-refractivity contribution is 6.25. The maximum absolute atomic E-state index is 14.1. The second-order valence-electron chi connectivity index (χ2n) is 11.4. The zero-order chi connectivity index (χ0) is 31.8. The molecule has 0 spiro atoms. The van der Waals surface area contributed by atoms with Crippen molar-refractivity contribution in [1.82, 2.24) is 0 Å². The Labute approximate surface area is 249 Å². The number of carbonyl (C=O) groups excluding carboxylic acids is 4. The van der Waals surface area contributed by atoms with Crippen LogP contribution < -0.4 is 9.80 Å². The number of carbonyl (C=O) groups is 4. The summed E-state index contributed by atoms with van der Waals surface area (Å²) in [5.74, 6) is -5.05. The first-order valence-electron chi connectivity index (χ1n) is 13.8. The molecule has 4 unspecified atom stereocenters. The van der Waals surface area contributed by atoms with Crippen molar-refractivity contribution in [2.75, 3.05) is 23.9 Å². The summed E-state index contributed by atoms with van der Waals surface area (Å²) >= 11 is 0. The van der Waals surface area contributed by atoms with Crippen molar-refractivity contribution in [3.8, 4) is 0 Å². The van der Waals surface area contributed by atoms with Crippen molar-refractivity contribution in [2.45, 2.75) is 32.3 Å². The van der Waals surface area contributed by atoms with Gasteiger partial charge in [0.1, 0.15) is 18.1 Å². The molecule has 14 nitrogen and oxygen atoms in total. The van der Waals surface area contributed by atoms with E-state index >= 15 is 0 Å². The zero-order valence-electron chi connectivity index (χ0n) is 23.8. The van der Waals surface area contributed by atoms with E-state index in [-0.39, 0.29) is 58.3 Å². The highest BCUT2D eigenvalue weighted by Crippen LogP contribution is 2.56. The van der Waals surface area contributed by atoms with Crippen LogP contribution in [0, 0.1) is 38.0 Å². The van der Waals surface area contributed by atoms with Crippen molar-refractivity contribution in [3.05, 3.63) is 90.5 Å². The van der Waals surface area contributed by atoms with Gasteiger partial charge in [0, 0.05) is 42.9 Å². The molecule has 4 aliphatic rings. The van der Waals surface area contributed by atoms with E-state index in [1.165, 1.54) is 32.0 Å². The Morgan fingerprint density at radius 1 is 1.02 bits per heavy atom. The molecule has 4 atom stereocenters. The number of hydrogen-bond acceptors (Lipinski definition) is 11. The average Bonchev–Trinajstić information content (AvgIpc) is 3.56. The van der Waals surface area contributed by atoms with Crippen molar-refractivity contribution in [2.24, 2.45) is 17.8 Å². The van der Waals surface area contributed by atoms with E-state index in [4.69, 9.17) is 4.42 Å². The van der Waals surface area contributed by atoms with E-state index in [0.717, 1.165) is 17.0 Å². The predicted molar refractivity (Wildman–Crippen MR) is 153 cm³/mol. The van der Waals surface area contributed by atoms with Crippen LogP contribution in [0.5, 0.6) is 0 Å².